The van der Waals surface area contributed by atoms with E-state index in [0.717, 1.165) is 25.0 Å². The number of hydrogen-bond donors (Lipinski definition) is 2. The number of benzene rings is 1. The van der Waals surface area contributed by atoms with Crippen LogP contribution < -0.4 is 10.6 Å². The van der Waals surface area contributed by atoms with Gasteiger partial charge in [0.15, 0.2) is 0 Å². The molecule has 2 N–H and O–H groups in total. The van der Waals surface area contributed by atoms with E-state index in [2.05, 4.69) is 10.6 Å². The van der Waals surface area contributed by atoms with Crippen molar-refractivity contribution in [2.45, 2.75) is 31.5 Å². The predicted molar refractivity (Wildman–Crippen MR) is 64.6 cm³/mol. The molecule has 0 atom stereocenters. The maximum Gasteiger partial charge on any atom is 0.416 e. The van der Waals surface area contributed by atoms with Crippen LogP contribution in [0.25, 0.3) is 0 Å². The van der Waals surface area contributed by atoms with Crippen LogP contribution in [0.3, 0.4) is 0 Å². The third-order valence-electron chi connectivity index (χ3n) is 3.20. The summed E-state index contributed by atoms with van der Waals surface area (Å²) in [5, 5.41) is 5.43. The quantitative estimate of drug-likeness (QED) is 0.872. The Labute approximate surface area is 109 Å². The zero-order chi connectivity index (χ0) is 14.1. The lowest BCUT2D eigenvalue weighted by Crippen LogP contribution is -2.42. The molecule has 1 aromatic carbocycles. The summed E-state index contributed by atoms with van der Waals surface area (Å²) in [6.07, 6.45) is -2.84. The molecule has 1 saturated carbocycles. The van der Waals surface area contributed by atoms with Gasteiger partial charge in [0.05, 0.1) is 11.1 Å². The molecule has 2 amide bonds. The largest absolute Gasteiger partial charge is 0.416 e. The summed E-state index contributed by atoms with van der Waals surface area (Å²) in [5.41, 5.74) is -0.458. The summed E-state index contributed by atoms with van der Waals surface area (Å²) >= 11 is 0. The number of carbonyl (C=O) groups is 1. The molecule has 1 aliphatic rings. The van der Waals surface area contributed by atoms with Gasteiger partial charge in [-0.05, 0) is 37.5 Å². The second-order valence-electron chi connectivity index (χ2n) is 4.64. The van der Waals surface area contributed by atoms with Crippen molar-refractivity contribution >= 4 is 6.03 Å². The monoisotopic (exact) mass is 272 g/mol. The van der Waals surface area contributed by atoms with Gasteiger partial charge in [0.25, 0.3) is 0 Å². The van der Waals surface area contributed by atoms with Crippen molar-refractivity contribution in [3.63, 3.8) is 0 Å². The van der Waals surface area contributed by atoms with Crippen molar-refractivity contribution in [3.8, 4) is 0 Å². The highest BCUT2D eigenvalue weighted by molar-refractivity contribution is 5.75. The third-order valence-corrected chi connectivity index (χ3v) is 3.20. The third kappa shape index (κ3) is 3.00. The van der Waals surface area contributed by atoms with E-state index in [9.17, 15) is 18.0 Å². The molecular weight excluding hydrogens is 257 g/mol. The maximum absolute atomic E-state index is 12.5. The van der Waals surface area contributed by atoms with Crippen molar-refractivity contribution in [2.24, 2.45) is 0 Å². The van der Waals surface area contributed by atoms with Crippen LogP contribution in [0.4, 0.5) is 18.0 Å². The van der Waals surface area contributed by atoms with E-state index >= 15 is 0 Å². The average molecular weight is 272 g/mol. The molecule has 6 heteroatoms. The van der Waals surface area contributed by atoms with Gasteiger partial charge < -0.3 is 10.6 Å². The summed E-state index contributed by atoms with van der Waals surface area (Å²) in [6, 6.07) is 4.67. The molecule has 0 heterocycles. The molecule has 1 fully saturated rings. The Bertz CT molecular complexity index is 464. The van der Waals surface area contributed by atoms with Crippen molar-refractivity contribution < 1.29 is 18.0 Å². The number of nitrogens with one attached hydrogen (secondary N) is 2. The number of hydrogen-bond acceptors (Lipinski definition) is 1. The van der Waals surface area contributed by atoms with Crippen LogP contribution in [0.1, 0.15) is 30.9 Å². The Morgan fingerprint density at radius 2 is 1.84 bits per heavy atom. The number of alkyl halides is 3. The summed E-state index contributed by atoms with van der Waals surface area (Å²) in [7, 11) is 0. The molecule has 0 saturated heterocycles. The van der Waals surface area contributed by atoms with Crippen LogP contribution in [0.15, 0.2) is 24.3 Å². The van der Waals surface area contributed by atoms with Crippen LogP contribution in [-0.4, -0.2) is 12.6 Å². The first kappa shape index (κ1) is 13.7. The standard InChI is InChI=1S/C13H15F3N2O/c1-2-17-11(19)18-12(7-8-12)9-3-5-10(6-4-9)13(14,15)16/h3-6H,2,7-8H2,1H3,(H2,17,18,19). The molecule has 0 aromatic heterocycles. The Morgan fingerprint density at radius 3 is 2.26 bits per heavy atom. The summed E-state index contributed by atoms with van der Waals surface area (Å²) < 4.78 is 37.4. The summed E-state index contributed by atoms with van der Waals surface area (Å²) in [5.74, 6) is 0. The van der Waals surface area contributed by atoms with Gasteiger partial charge in [-0.3, -0.25) is 0 Å². The highest BCUT2D eigenvalue weighted by Crippen LogP contribution is 2.45. The van der Waals surface area contributed by atoms with E-state index in [0.29, 0.717) is 12.1 Å². The highest BCUT2D eigenvalue weighted by atomic mass is 19.4. The van der Waals surface area contributed by atoms with Gasteiger partial charge in [-0.15, -0.1) is 0 Å². The smallest absolute Gasteiger partial charge is 0.338 e. The second kappa shape index (κ2) is 4.75. The fourth-order valence-electron chi connectivity index (χ4n) is 2.01. The lowest BCUT2D eigenvalue weighted by molar-refractivity contribution is -0.137. The first-order valence-electron chi connectivity index (χ1n) is 6.11. The number of amides is 2. The molecule has 0 bridgehead atoms. The second-order valence-corrected chi connectivity index (χ2v) is 4.64. The average Bonchev–Trinajstić information content (AvgIpc) is 3.09. The van der Waals surface area contributed by atoms with Gasteiger partial charge in [0.1, 0.15) is 0 Å². The molecule has 2 rings (SSSR count). The molecule has 0 aliphatic heterocycles. The fraction of sp³-hybridized carbons (Fsp3) is 0.462. The first-order chi connectivity index (χ1) is 8.87. The van der Waals surface area contributed by atoms with Crippen LogP contribution in [0.2, 0.25) is 0 Å². The van der Waals surface area contributed by atoms with Crippen LogP contribution in [-0.2, 0) is 11.7 Å². The molecule has 0 unspecified atom stereocenters. The highest BCUT2D eigenvalue weighted by Gasteiger charge is 2.46. The normalized spacial score (nSPS) is 16.8. The minimum absolute atomic E-state index is 0.292. The zero-order valence-corrected chi connectivity index (χ0v) is 10.5. The van der Waals surface area contributed by atoms with Gasteiger partial charge in [-0.2, -0.15) is 13.2 Å². The van der Waals surface area contributed by atoms with Crippen LogP contribution >= 0.6 is 0 Å². The zero-order valence-electron chi connectivity index (χ0n) is 10.5. The van der Waals surface area contributed by atoms with Crippen LogP contribution in [0.5, 0.6) is 0 Å². The molecular formula is C13H15F3N2O. The van der Waals surface area contributed by atoms with Gasteiger partial charge in [0.2, 0.25) is 0 Å². The molecule has 0 spiro atoms. The Morgan fingerprint density at radius 1 is 1.26 bits per heavy atom. The number of carbonyl (C=O) groups excluding carboxylic acids is 1. The van der Waals surface area contributed by atoms with Gasteiger partial charge in [0, 0.05) is 6.54 Å². The molecule has 3 nitrogen and oxygen atoms in total. The lowest BCUT2D eigenvalue weighted by Gasteiger charge is -2.19. The molecule has 19 heavy (non-hydrogen) atoms. The number of rotatable bonds is 3. The van der Waals surface area contributed by atoms with Crippen molar-refractivity contribution in [1.29, 1.82) is 0 Å². The fourth-order valence-corrected chi connectivity index (χ4v) is 2.01. The van der Waals surface area contributed by atoms with Crippen molar-refractivity contribution in [3.05, 3.63) is 35.4 Å². The predicted octanol–water partition coefficient (Wildman–Crippen LogP) is 3.01. The molecule has 104 valence electrons. The molecule has 1 aliphatic carbocycles. The van der Waals surface area contributed by atoms with Gasteiger partial charge in [-0.25, -0.2) is 4.79 Å². The van der Waals surface area contributed by atoms with Gasteiger partial charge in [-0.1, -0.05) is 12.1 Å². The Kier molecular flexibility index (Phi) is 3.43. The van der Waals surface area contributed by atoms with Crippen LogP contribution in [0, 0.1) is 0 Å². The van der Waals surface area contributed by atoms with E-state index in [1.54, 1.807) is 6.92 Å². The summed E-state index contributed by atoms with van der Waals surface area (Å²) in [6.45, 7) is 2.31. The van der Waals surface area contributed by atoms with E-state index in [4.69, 9.17) is 0 Å². The van der Waals surface area contributed by atoms with E-state index in [-0.39, 0.29) is 6.03 Å². The van der Waals surface area contributed by atoms with Gasteiger partial charge >= 0.3 is 12.2 Å². The van der Waals surface area contributed by atoms with E-state index in [1.165, 1.54) is 12.1 Å². The Hall–Kier alpha value is -1.72. The van der Waals surface area contributed by atoms with E-state index < -0.39 is 17.3 Å². The summed E-state index contributed by atoms with van der Waals surface area (Å²) in [4.78, 5) is 11.5. The van der Waals surface area contributed by atoms with E-state index in [1.807, 2.05) is 0 Å². The topological polar surface area (TPSA) is 41.1 Å². The first-order valence-corrected chi connectivity index (χ1v) is 6.11. The SMILES string of the molecule is CCNC(=O)NC1(c2ccc(C(F)(F)F)cc2)CC1. The van der Waals surface area contributed by atoms with Crippen molar-refractivity contribution in [1.82, 2.24) is 10.6 Å². The number of urea groups is 1. The minimum Gasteiger partial charge on any atom is -0.338 e. The lowest BCUT2D eigenvalue weighted by atomic mass is 10.0. The minimum atomic E-state index is -4.33. The number of halogens is 3. The molecule has 1 aromatic rings. The van der Waals surface area contributed by atoms with Crippen molar-refractivity contribution in [2.75, 3.05) is 6.54 Å². The Balaban J connectivity index is 2.12. The molecule has 0 radical (unpaired) electrons. The maximum atomic E-state index is 12.5.